The quantitative estimate of drug-likeness (QED) is 0.650. The number of methoxy groups -OCH3 is 1. The highest BCUT2D eigenvalue weighted by Crippen LogP contribution is 2.27. The lowest BCUT2D eigenvalue weighted by Gasteiger charge is -2.26. The molecule has 128 valence electrons. The van der Waals surface area contributed by atoms with E-state index in [-0.39, 0.29) is 0 Å². The molecule has 1 saturated carbocycles. The summed E-state index contributed by atoms with van der Waals surface area (Å²) in [6.45, 7) is 3.73. The first kappa shape index (κ1) is 18.2. The van der Waals surface area contributed by atoms with Crippen LogP contribution in [-0.4, -0.2) is 36.8 Å². The van der Waals surface area contributed by atoms with E-state index in [1.54, 1.807) is 18.9 Å². The van der Waals surface area contributed by atoms with Gasteiger partial charge in [-0.2, -0.15) is 0 Å². The van der Waals surface area contributed by atoms with Crippen molar-refractivity contribution in [3.05, 3.63) is 24.3 Å². The Labute approximate surface area is 144 Å². The number of benzene rings is 1. The summed E-state index contributed by atoms with van der Waals surface area (Å²) in [5, 5.41) is 0. The molecule has 1 fully saturated rings. The molecule has 4 heteroatoms. The predicted molar refractivity (Wildman–Crippen MR) is 97.2 cm³/mol. The van der Waals surface area contributed by atoms with E-state index < -0.39 is 0 Å². The van der Waals surface area contributed by atoms with Crippen LogP contribution >= 0.6 is 11.8 Å². The van der Waals surface area contributed by atoms with Gasteiger partial charge in [0.05, 0.1) is 7.11 Å². The molecule has 0 N–H and O–H groups in total. The summed E-state index contributed by atoms with van der Waals surface area (Å²) in [6, 6.07) is 8.11. The highest BCUT2D eigenvalue weighted by Gasteiger charge is 2.20. The average Bonchev–Trinajstić information content (AvgIpc) is 2.60. The molecule has 0 atom stereocenters. The molecule has 3 nitrogen and oxygen atoms in total. The fourth-order valence-corrected chi connectivity index (χ4v) is 4.05. The average molecular weight is 336 g/mol. The molecule has 0 radical (unpaired) electrons. The summed E-state index contributed by atoms with van der Waals surface area (Å²) in [5.41, 5.74) is 0. The first-order valence-corrected chi connectivity index (χ1v) is 9.76. The van der Waals surface area contributed by atoms with E-state index in [1.807, 2.05) is 17.0 Å². The Kier molecular flexibility index (Phi) is 7.80. The number of ether oxygens (including phenoxy) is 1. The first-order valence-electron chi connectivity index (χ1n) is 8.77. The molecule has 0 unspecified atom stereocenters. The fourth-order valence-electron chi connectivity index (χ4n) is 3.17. The first-order chi connectivity index (χ1) is 11.2. The lowest BCUT2D eigenvalue weighted by molar-refractivity contribution is -0.132. The highest BCUT2D eigenvalue weighted by atomic mass is 32.2. The largest absolute Gasteiger partial charge is 0.497 e. The summed E-state index contributed by atoms with van der Waals surface area (Å²) < 4.78 is 5.17. The minimum absolute atomic E-state index is 0.342. The summed E-state index contributed by atoms with van der Waals surface area (Å²) in [6.07, 6.45) is 7.18. The Morgan fingerprint density at radius 1 is 1.22 bits per heavy atom. The number of rotatable bonds is 8. The van der Waals surface area contributed by atoms with E-state index in [2.05, 4.69) is 19.1 Å². The van der Waals surface area contributed by atoms with Crippen molar-refractivity contribution in [3.8, 4) is 5.75 Å². The molecule has 2 rings (SSSR count). The van der Waals surface area contributed by atoms with Crippen LogP contribution in [0.5, 0.6) is 5.75 Å². The Hall–Kier alpha value is -1.16. The monoisotopic (exact) mass is 335 g/mol. The van der Waals surface area contributed by atoms with Crippen LogP contribution in [0.4, 0.5) is 0 Å². The van der Waals surface area contributed by atoms with Crippen LogP contribution in [0.3, 0.4) is 0 Å². The van der Waals surface area contributed by atoms with Crippen LogP contribution in [-0.2, 0) is 4.79 Å². The van der Waals surface area contributed by atoms with Gasteiger partial charge in [0.2, 0.25) is 5.91 Å². The lowest BCUT2D eigenvalue weighted by atomic mass is 9.86. The fraction of sp³-hybridized carbons (Fsp3) is 0.632. The van der Waals surface area contributed by atoms with Crippen LogP contribution in [0.2, 0.25) is 0 Å². The lowest BCUT2D eigenvalue weighted by Crippen LogP contribution is -2.34. The SMILES string of the molecule is CCN(CCSc1ccc(OC)cc1)C(=O)CC1CCCCC1. The Morgan fingerprint density at radius 2 is 1.91 bits per heavy atom. The van der Waals surface area contributed by atoms with Crippen molar-refractivity contribution in [1.29, 1.82) is 0 Å². The van der Waals surface area contributed by atoms with Gasteiger partial charge in [-0.05, 0) is 49.9 Å². The molecule has 0 aliphatic heterocycles. The predicted octanol–water partition coefficient (Wildman–Crippen LogP) is 4.61. The Balaban J connectivity index is 1.73. The molecule has 23 heavy (non-hydrogen) atoms. The number of hydrogen-bond donors (Lipinski definition) is 0. The van der Waals surface area contributed by atoms with Crippen molar-refractivity contribution >= 4 is 17.7 Å². The maximum absolute atomic E-state index is 12.5. The van der Waals surface area contributed by atoms with Crippen molar-refractivity contribution in [2.24, 2.45) is 5.92 Å². The Bertz CT molecular complexity index is 469. The Morgan fingerprint density at radius 3 is 2.52 bits per heavy atom. The number of carbonyl (C=O) groups is 1. The van der Waals surface area contributed by atoms with Gasteiger partial charge in [0.1, 0.15) is 5.75 Å². The summed E-state index contributed by atoms with van der Waals surface area (Å²) in [4.78, 5) is 15.7. The zero-order valence-electron chi connectivity index (χ0n) is 14.4. The number of hydrogen-bond acceptors (Lipinski definition) is 3. The third-order valence-corrected chi connectivity index (χ3v) is 5.60. The standard InChI is InChI=1S/C19H29NO2S/c1-3-20(19(21)15-16-7-5-4-6-8-16)13-14-23-18-11-9-17(22-2)10-12-18/h9-12,16H,3-8,13-15H2,1-2H3. The van der Waals surface area contributed by atoms with Crippen molar-refractivity contribution in [1.82, 2.24) is 4.90 Å². The molecule has 0 bridgehead atoms. The van der Waals surface area contributed by atoms with E-state index in [0.29, 0.717) is 11.8 Å². The van der Waals surface area contributed by atoms with E-state index in [0.717, 1.165) is 31.0 Å². The van der Waals surface area contributed by atoms with Gasteiger partial charge in [0, 0.05) is 30.2 Å². The zero-order valence-corrected chi connectivity index (χ0v) is 15.2. The smallest absolute Gasteiger partial charge is 0.222 e. The molecule has 1 amide bonds. The van der Waals surface area contributed by atoms with E-state index >= 15 is 0 Å². The van der Waals surface area contributed by atoms with Gasteiger partial charge in [-0.1, -0.05) is 19.3 Å². The third kappa shape index (κ3) is 6.09. The molecule has 0 saturated heterocycles. The van der Waals surface area contributed by atoms with E-state index in [9.17, 15) is 4.79 Å². The number of nitrogens with zero attached hydrogens (tertiary/aromatic N) is 1. The molecule has 0 heterocycles. The molecule has 1 aliphatic rings. The van der Waals surface area contributed by atoms with Gasteiger partial charge in [0.15, 0.2) is 0 Å². The maximum Gasteiger partial charge on any atom is 0.222 e. The molecular weight excluding hydrogens is 306 g/mol. The molecule has 1 aromatic rings. The topological polar surface area (TPSA) is 29.5 Å². The van der Waals surface area contributed by atoms with Gasteiger partial charge >= 0.3 is 0 Å². The van der Waals surface area contributed by atoms with Crippen LogP contribution in [0.15, 0.2) is 29.2 Å². The second-order valence-corrected chi connectivity index (χ2v) is 7.37. The van der Waals surface area contributed by atoms with Gasteiger partial charge in [0.25, 0.3) is 0 Å². The number of carbonyl (C=O) groups excluding carboxylic acids is 1. The molecule has 1 aromatic carbocycles. The highest BCUT2D eigenvalue weighted by molar-refractivity contribution is 7.99. The second-order valence-electron chi connectivity index (χ2n) is 6.21. The summed E-state index contributed by atoms with van der Waals surface area (Å²) >= 11 is 1.80. The maximum atomic E-state index is 12.5. The minimum Gasteiger partial charge on any atom is -0.497 e. The van der Waals surface area contributed by atoms with Crippen LogP contribution in [0, 0.1) is 5.92 Å². The molecule has 0 aromatic heterocycles. The van der Waals surface area contributed by atoms with Gasteiger partial charge in [-0.3, -0.25) is 4.79 Å². The third-order valence-electron chi connectivity index (χ3n) is 4.61. The van der Waals surface area contributed by atoms with Crippen molar-refractivity contribution in [2.75, 3.05) is 26.0 Å². The van der Waals surface area contributed by atoms with Gasteiger partial charge in [-0.25, -0.2) is 0 Å². The van der Waals surface area contributed by atoms with Crippen LogP contribution < -0.4 is 4.74 Å². The summed E-state index contributed by atoms with van der Waals surface area (Å²) in [7, 11) is 1.68. The number of thioether (sulfide) groups is 1. The number of amides is 1. The van der Waals surface area contributed by atoms with E-state index in [1.165, 1.54) is 37.0 Å². The molecule has 1 aliphatic carbocycles. The normalized spacial score (nSPS) is 15.4. The van der Waals surface area contributed by atoms with Gasteiger partial charge in [-0.15, -0.1) is 11.8 Å². The van der Waals surface area contributed by atoms with Crippen LogP contribution in [0.25, 0.3) is 0 Å². The zero-order chi connectivity index (χ0) is 16.5. The second kappa shape index (κ2) is 9.86. The van der Waals surface area contributed by atoms with E-state index in [4.69, 9.17) is 4.74 Å². The van der Waals surface area contributed by atoms with Crippen molar-refractivity contribution < 1.29 is 9.53 Å². The molecular formula is C19H29NO2S. The minimum atomic E-state index is 0.342. The molecule has 0 spiro atoms. The van der Waals surface area contributed by atoms with Crippen molar-refractivity contribution in [3.63, 3.8) is 0 Å². The van der Waals surface area contributed by atoms with Gasteiger partial charge < -0.3 is 9.64 Å². The van der Waals surface area contributed by atoms with Crippen molar-refractivity contribution in [2.45, 2.75) is 50.3 Å². The summed E-state index contributed by atoms with van der Waals surface area (Å²) in [5.74, 6) is 2.79. The van der Waals surface area contributed by atoms with Crippen LogP contribution in [0.1, 0.15) is 45.4 Å².